The number of sulfonamides is 1. The fraction of sp³-hybridized carbons (Fsp3) is 0.300. The minimum atomic E-state index is -3.46. The predicted octanol–water partition coefficient (Wildman–Crippen LogP) is 3.00. The molecule has 0 aliphatic heterocycles. The van der Waals surface area contributed by atoms with Crippen molar-refractivity contribution in [2.24, 2.45) is 10.7 Å². The molecular formula is C20H23FN4O3S. The van der Waals surface area contributed by atoms with Crippen molar-refractivity contribution in [2.45, 2.75) is 38.0 Å². The highest BCUT2D eigenvalue weighted by Gasteiger charge is 2.35. The van der Waals surface area contributed by atoms with E-state index in [-0.39, 0.29) is 16.8 Å². The lowest BCUT2D eigenvalue weighted by molar-refractivity contribution is 0.600. The van der Waals surface area contributed by atoms with Gasteiger partial charge in [-0.05, 0) is 43.5 Å². The molecule has 0 spiro atoms. The second-order valence-corrected chi connectivity index (χ2v) is 8.80. The SMILES string of the molecule is CCCn1cc(N=C/C(=C\N)c2ccc(NS(=O)(=O)C3CC3)cc2F)ccc1=O. The van der Waals surface area contributed by atoms with Gasteiger partial charge in [-0.15, -0.1) is 0 Å². The number of nitrogens with one attached hydrogen (secondary N) is 1. The van der Waals surface area contributed by atoms with E-state index >= 15 is 0 Å². The summed E-state index contributed by atoms with van der Waals surface area (Å²) in [4.78, 5) is 16.1. The Labute approximate surface area is 168 Å². The summed E-state index contributed by atoms with van der Waals surface area (Å²) in [7, 11) is -3.46. The second-order valence-electron chi connectivity index (χ2n) is 6.84. The van der Waals surface area contributed by atoms with E-state index in [1.165, 1.54) is 30.6 Å². The van der Waals surface area contributed by atoms with Gasteiger partial charge in [-0.1, -0.05) is 6.92 Å². The summed E-state index contributed by atoms with van der Waals surface area (Å²) in [6, 6.07) is 7.05. The molecule has 1 aromatic heterocycles. The molecule has 0 atom stereocenters. The monoisotopic (exact) mass is 418 g/mol. The first-order chi connectivity index (χ1) is 13.8. The molecule has 1 saturated carbocycles. The van der Waals surface area contributed by atoms with E-state index in [1.807, 2.05) is 6.92 Å². The maximum absolute atomic E-state index is 14.6. The van der Waals surface area contributed by atoms with Crippen LogP contribution in [0.1, 0.15) is 31.7 Å². The zero-order valence-electron chi connectivity index (χ0n) is 16.0. The molecule has 1 aliphatic carbocycles. The van der Waals surface area contributed by atoms with E-state index in [2.05, 4.69) is 9.71 Å². The summed E-state index contributed by atoms with van der Waals surface area (Å²) in [5.74, 6) is -0.625. The molecule has 1 aliphatic rings. The number of hydrogen-bond acceptors (Lipinski definition) is 5. The van der Waals surface area contributed by atoms with Crippen LogP contribution in [-0.2, 0) is 16.6 Å². The quantitative estimate of drug-likeness (QED) is 0.643. The number of aliphatic imine (C=N–C) groups is 1. The largest absolute Gasteiger partial charge is 0.404 e. The van der Waals surface area contributed by atoms with Gasteiger partial charge in [0.1, 0.15) is 5.82 Å². The number of halogens is 1. The first-order valence-corrected chi connectivity index (χ1v) is 10.9. The number of nitrogens with two attached hydrogens (primary N) is 1. The molecule has 154 valence electrons. The van der Waals surface area contributed by atoms with Gasteiger partial charge in [-0.2, -0.15) is 0 Å². The summed E-state index contributed by atoms with van der Waals surface area (Å²) >= 11 is 0. The average molecular weight is 418 g/mol. The van der Waals surface area contributed by atoms with Gasteiger partial charge >= 0.3 is 0 Å². The number of rotatable bonds is 8. The van der Waals surface area contributed by atoms with Gasteiger partial charge in [0.05, 0.1) is 16.6 Å². The maximum atomic E-state index is 14.6. The molecule has 29 heavy (non-hydrogen) atoms. The number of anilines is 1. The van der Waals surface area contributed by atoms with Crippen molar-refractivity contribution < 1.29 is 12.8 Å². The maximum Gasteiger partial charge on any atom is 0.250 e. The van der Waals surface area contributed by atoms with Crippen LogP contribution in [0, 0.1) is 5.82 Å². The summed E-state index contributed by atoms with van der Waals surface area (Å²) in [6.07, 6.45) is 6.31. The van der Waals surface area contributed by atoms with Crippen LogP contribution in [0.25, 0.3) is 5.57 Å². The van der Waals surface area contributed by atoms with Gasteiger partial charge in [0, 0.05) is 42.4 Å². The Balaban J connectivity index is 1.80. The third-order valence-electron chi connectivity index (χ3n) is 4.47. The fourth-order valence-electron chi connectivity index (χ4n) is 2.80. The summed E-state index contributed by atoms with van der Waals surface area (Å²) in [5, 5.41) is -0.396. The Kier molecular flexibility index (Phi) is 6.17. The van der Waals surface area contributed by atoms with Gasteiger partial charge in [-0.25, -0.2) is 12.8 Å². The number of aromatic nitrogens is 1. The Morgan fingerprint density at radius 1 is 1.34 bits per heavy atom. The summed E-state index contributed by atoms with van der Waals surface area (Å²) in [5.41, 5.74) is 6.74. The Bertz CT molecular complexity index is 1120. The number of pyridine rings is 1. The number of allylic oxidation sites excluding steroid dienone is 1. The highest BCUT2D eigenvalue weighted by Crippen LogP contribution is 2.30. The van der Waals surface area contributed by atoms with Crippen LogP contribution in [-0.4, -0.2) is 24.4 Å². The fourth-order valence-corrected chi connectivity index (χ4v) is 4.17. The Morgan fingerprint density at radius 3 is 2.72 bits per heavy atom. The van der Waals surface area contributed by atoms with Gasteiger partial charge < -0.3 is 10.3 Å². The molecule has 1 aromatic carbocycles. The Morgan fingerprint density at radius 2 is 2.10 bits per heavy atom. The van der Waals surface area contributed by atoms with Gasteiger partial charge in [0.15, 0.2) is 0 Å². The van der Waals surface area contributed by atoms with E-state index < -0.39 is 21.1 Å². The summed E-state index contributed by atoms with van der Waals surface area (Å²) < 4.78 is 42.5. The van der Waals surface area contributed by atoms with Gasteiger partial charge in [0.25, 0.3) is 5.56 Å². The topological polar surface area (TPSA) is 107 Å². The van der Waals surface area contributed by atoms with E-state index in [1.54, 1.807) is 16.8 Å². The first-order valence-electron chi connectivity index (χ1n) is 9.32. The first kappa shape index (κ1) is 20.8. The molecule has 0 saturated heterocycles. The van der Waals surface area contributed by atoms with Crippen LogP contribution in [0.2, 0.25) is 0 Å². The van der Waals surface area contributed by atoms with Crippen molar-refractivity contribution in [1.29, 1.82) is 0 Å². The molecule has 1 heterocycles. The highest BCUT2D eigenvalue weighted by atomic mass is 32.2. The zero-order chi connectivity index (χ0) is 21.0. The van der Waals surface area contributed by atoms with Crippen LogP contribution < -0.4 is 16.0 Å². The minimum absolute atomic E-state index is 0.115. The standard InChI is InChI=1S/C20H23FN4O3S/c1-2-9-25-13-16(4-8-20(25)26)23-12-14(11-22)18-7-3-15(10-19(18)21)24-29(27,28)17-5-6-17/h3-4,7-8,10-13,17,24H,2,5-6,9,22H2,1H3/b14-11+,23-12?. The molecule has 0 amide bonds. The number of aryl methyl sites for hydroxylation is 1. The van der Waals surface area contributed by atoms with E-state index in [0.717, 1.165) is 12.5 Å². The van der Waals surface area contributed by atoms with Gasteiger partial charge in [-0.3, -0.25) is 14.5 Å². The van der Waals surface area contributed by atoms with Crippen LogP contribution in [0.5, 0.6) is 0 Å². The average Bonchev–Trinajstić information content (AvgIpc) is 3.52. The van der Waals surface area contributed by atoms with E-state index in [0.29, 0.717) is 30.6 Å². The molecular weight excluding hydrogens is 395 g/mol. The number of nitrogens with zero attached hydrogens (tertiary/aromatic N) is 2. The second kappa shape index (κ2) is 8.60. The Hall–Kier alpha value is -2.94. The van der Waals surface area contributed by atoms with Crippen LogP contribution in [0.4, 0.5) is 15.8 Å². The van der Waals surface area contributed by atoms with Crippen molar-refractivity contribution >= 4 is 33.2 Å². The van der Waals surface area contributed by atoms with Crippen LogP contribution in [0.3, 0.4) is 0 Å². The third-order valence-corrected chi connectivity index (χ3v) is 6.34. The predicted molar refractivity (Wildman–Crippen MR) is 113 cm³/mol. The number of hydrogen-bond donors (Lipinski definition) is 2. The molecule has 0 unspecified atom stereocenters. The summed E-state index contributed by atoms with van der Waals surface area (Å²) in [6.45, 7) is 2.55. The molecule has 1 fully saturated rings. The van der Waals surface area contributed by atoms with Crippen molar-refractivity contribution in [3.05, 3.63) is 64.5 Å². The lowest BCUT2D eigenvalue weighted by atomic mass is 10.1. The van der Waals surface area contributed by atoms with Crippen molar-refractivity contribution in [3.8, 4) is 0 Å². The molecule has 9 heteroatoms. The molecule has 0 radical (unpaired) electrons. The number of benzene rings is 1. The molecule has 3 N–H and O–H groups in total. The van der Waals surface area contributed by atoms with E-state index in [9.17, 15) is 17.6 Å². The molecule has 2 aromatic rings. The molecule has 3 rings (SSSR count). The lowest BCUT2D eigenvalue weighted by Crippen LogP contribution is -2.17. The van der Waals surface area contributed by atoms with Crippen molar-refractivity contribution in [1.82, 2.24) is 4.57 Å². The highest BCUT2D eigenvalue weighted by molar-refractivity contribution is 7.93. The van der Waals surface area contributed by atoms with Crippen LogP contribution >= 0.6 is 0 Å². The molecule has 0 bridgehead atoms. The van der Waals surface area contributed by atoms with Crippen molar-refractivity contribution in [3.63, 3.8) is 0 Å². The molecule has 7 nitrogen and oxygen atoms in total. The van der Waals surface area contributed by atoms with Crippen molar-refractivity contribution in [2.75, 3.05) is 4.72 Å². The normalized spacial score (nSPS) is 15.0. The smallest absolute Gasteiger partial charge is 0.250 e. The lowest BCUT2D eigenvalue weighted by Gasteiger charge is -2.09. The minimum Gasteiger partial charge on any atom is -0.404 e. The van der Waals surface area contributed by atoms with Crippen LogP contribution in [0.15, 0.2) is 52.5 Å². The van der Waals surface area contributed by atoms with E-state index in [4.69, 9.17) is 5.73 Å². The van der Waals surface area contributed by atoms with Gasteiger partial charge in [0.2, 0.25) is 10.0 Å². The zero-order valence-corrected chi connectivity index (χ0v) is 16.8. The third kappa shape index (κ3) is 5.11.